The van der Waals surface area contributed by atoms with Gasteiger partial charge in [-0.2, -0.15) is 0 Å². The first-order valence-electron chi connectivity index (χ1n) is 15.8. The van der Waals surface area contributed by atoms with Crippen molar-refractivity contribution in [3.8, 4) is 23.7 Å². The Hall–Kier alpha value is -5.17. The molecule has 4 aromatic carbocycles. The number of rotatable bonds is 3. The van der Waals surface area contributed by atoms with Gasteiger partial charge in [0.05, 0.1) is 6.10 Å². The Kier molecular flexibility index (Phi) is 11.4. The van der Waals surface area contributed by atoms with Crippen molar-refractivity contribution in [2.24, 2.45) is 0 Å². The molecule has 0 spiro atoms. The first-order chi connectivity index (χ1) is 22.4. The molecule has 2 aliphatic rings. The van der Waals surface area contributed by atoms with Gasteiger partial charge in [-0.1, -0.05) is 60.8 Å². The SMILES string of the molecule is O=C(NC1CCCC1)c1ccc(C#Cc2ccccc2)cc1.O=C(c1ccc(C#Cc2cccc(F)c2)cc1)N1CCC(O)CC1. The van der Waals surface area contributed by atoms with Gasteiger partial charge in [0.15, 0.2) is 0 Å². The average molecular weight is 613 g/mol. The number of aliphatic hydroxyl groups is 1. The second-order valence-corrected chi connectivity index (χ2v) is 11.5. The number of piperidine rings is 1. The molecule has 2 fully saturated rings. The highest BCUT2D eigenvalue weighted by molar-refractivity contribution is 5.95. The number of halogens is 1. The minimum absolute atomic E-state index is 0.0217. The van der Waals surface area contributed by atoms with Crippen molar-refractivity contribution in [2.45, 2.75) is 50.7 Å². The summed E-state index contributed by atoms with van der Waals surface area (Å²) in [5.74, 6) is 11.8. The molecule has 0 aromatic heterocycles. The fraction of sp³-hybridized carbons (Fsp3) is 0.250. The van der Waals surface area contributed by atoms with E-state index in [-0.39, 0.29) is 23.7 Å². The lowest BCUT2D eigenvalue weighted by atomic mass is 10.1. The number of hydrogen-bond acceptors (Lipinski definition) is 3. The number of nitrogens with zero attached hydrogens (tertiary/aromatic N) is 1. The van der Waals surface area contributed by atoms with E-state index in [0.717, 1.165) is 29.5 Å². The van der Waals surface area contributed by atoms with Crippen molar-refractivity contribution in [1.29, 1.82) is 0 Å². The maximum Gasteiger partial charge on any atom is 0.253 e. The van der Waals surface area contributed by atoms with E-state index in [2.05, 4.69) is 29.0 Å². The molecule has 1 saturated heterocycles. The topological polar surface area (TPSA) is 69.6 Å². The molecule has 5 nitrogen and oxygen atoms in total. The van der Waals surface area contributed by atoms with Gasteiger partial charge in [-0.25, -0.2) is 4.39 Å². The van der Waals surface area contributed by atoms with E-state index in [0.29, 0.717) is 48.7 Å². The van der Waals surface area contributed by atoms with Crippen molar-refractivity contribution in [3.63, 3.8) is 0 Å². The van der Waals surface area contributed by atoms with Gasteiger partial charge in [0.1, 0.15) is 5.82 Å². The third kappa shape index (κ3) is 9.66. The van der Waals surface area contributed by atoms with Crippen LogP contribution < -0.4 is 5.32 Å². The molecule has 2 amide bonds. The lowest BCUT2D eigenvalue weighted by molar-refractivity contribution is 0.0546. The minimum atomic E-state index is -0.311. The largest absolute Gasteiger partial charge is 0.393 e. The Bertz CT molecular complexity index is 1730. The third-order valence-electron chi connectivity index (χ3n) is 8.02. The van der Waals surface area contributed by atoms with Crippen LogP contribution in [-0.4, -0.2) is 47.1 Å². The van der Waals surface area contributed by atoms with Crippen LogP contribution in [0.4, 0.5) is 4.39 Å². The van der Waals surface area contributed by atoms with E-state index in [9.17, 15) is 19.1 Å². The fourth-order valence-corrected chi connectivity index (χ4v) is 5.37. The Morgan fingerprint density at radius 1 is 0.652 bits per heavy atom. The van der Waals surface area contributed by atoms with Crippen LogP contribution in [0.15, 0.2) is 103 Å². The van der Waals surface area contributed by atoms with Crippen LogP contribution in [0.5, 0.6) is 0 Å². The summed E-state index contributed by atoms with van der Waals surface area (Å²) in [7, 11) is 0. The second kappa shape index (κ2) is 16.2. The number of carbonyl (C=O) groups excluding carboxylic acids is 2. The molecular weight excluding hydrogens is 575 g/mol. The second-order valence-electron chi connectivity index (χ2n) is 11.5. The molecule has 1 saturated carbocycles. The van der Waals surface area contributed by atoms with E-state index in [1.54, 1.807) is 41.3 Å². The first-order valence-corrected chi connectivity index (χ1v) is 15.8. The first kappa shape index (κ1) is 32.2. The molecule has 1 aliphatic carbocycles. The molecule has 0 radical (unpaired) electrons. The zero-order valence-electron chi connectivity index (χ0n) is 25.7. The van der Waals surface area contributed by atoms with Gasteiger partial charge in [-0.05, 0) is 105 Å². The summed E-state index contributed by atoms with van der Waals surface area (Å²) in [6.07, 6.45) is 5.61. The molecule has 1 aliphatic heterocycles. The molecule has 0 bridgehead atoms. The van der Waals surface area contributed by atoms with Gasteiger partial charge in [0, 0.05) is 52.5 Å². The van der Waals surface area contributed by atoms with Crippen LogP contribution in [0.25, 0.3) is 0 Å². The van der Waals surface area contributed by atoms with Crippen LogP contribution in [0, 0.1) is 29.5 Å². The Morgan fingerprint density at radius 3 is 1.76 bits per heavy atom. The van der Waals surface area contributed by atoms with Gasteiger partial charge >= 0.3 is 0 Å². The van der Waals surface area contributed by atoms with Gasteiger partial charge in [0.2, 0.25) is 0 Å². The standard InChI is InChI=1S/C20H18FNO2.C20H19NO/c21-18-3-1-2-16(14-18)5-4-15-6-8-17(9-7-15)20(24)22-12-10-19(23)11-13-22;22-20(21-19-8-4-5-9-19)18-14-12-17(13-15-18)11-10-16-6-2-1-3-7-16/h1-3,6-9,14,19,23H,10-13H2;1-3,6-7,12-15,19H,4-5,8-9H2,(H,21,22). The number of amides is 2. The van der Waals surface area contributed by atoms with Crippen LogP contribution in [0.2, 0.25) is 0 Å². The Balaban J connectivity index is 0.000000182. The monoisotopic (exact) mass is 612 g/mol. The van der Waals surface area contributed by atoms with Crippen molar-refractivity contribution >= 4 is 11.8 Å². The molecule has 0 atom stereocenters. The molecule has 232 valence electrons. The highest BCUT2D eigenvalue weighted by Crippen LogP contribution is 2.18. The van der Waals surface area contributed by atoms with Crippen molar-refractivity contribution in [3.05, 3.63) is 142 Å². The zero-order chi connectivity index (χ0) is 32.1. The lowest BCUT2D eigenvalue weighted by Gasteiger charge is -2.29. The van der Waals surface area contributed by atoms with Crippen molar-refractivity contribution in [2.75, 3.05) is 13.1 Å². The summed E-state index contributed by atoms with van der Waals surface area (Å²) < 4.78 is 13.1. The van der Waals surface area contributed by atoms with E-state index in [1.165, 1.54) is 25.0 Å². The predicted octanol–water partition coefficient (Wildman–Crippen LogP) is 6.58. The zero-order valence-corrected chi connectivity index (χ0v) is 25.7. The van der Waals surface area contributed by atoms with E-state index in [1.807, 2.05) is 54.6 Å². The Labute approximate surface area is 270 Å². The van der Waals surface area contributed by atoms with E-state index in [4.69, 9.17) is 0 Å². The summed E-state index contributed by atoms with van der Waals surface area (Å²) in [6, 6.07) is 31.0. The number of carbonyl (C=O) groups is 2. The van der Waals surface area contributed by atoms with E-state index < -0.39 is 0 Å². The quantitative estimate of drug-likeness (QED) is 0.257. The van der Waals surface area contributed by atoms with Crippen LogP contribution in [-0.2, 0) is 0 Å². The van der Waals surface area contributed by atoms with Gasteiger partial charge in [-0.3, -0.25) is 9.59 Å². The molecular formula is C40H37FN2O3. The van der Waals surface area contributed by atoms with Gasteiger partial charge in [-0.15, -0.1) is 0 Å². The highest BCUT2D eigenvalue weighted by atomic mass is 19.1. The Morgan fingerprint density at radius 2 is 1.17 bits per heavy atom. The van der Waals surface area contributed by atoms with Crippen molar-refractivity contribution in [1.82, 2.24) is 10.2 Å². The van der Waals surface area contributed by atoms with Crippen LogP contribution >= 0.6 is 0 Å². The normalized spacial score (nSPS) is 14.5. The van der Waals surface area contributed by atoms with E-state index >= 15 is 0 Å². The summed E-state index contributed by atoms with van der Waals surface area (Å²) in [6.45, 7) is 1.17. The number of benzene rings is 4. The fourth-order valence-electron chi connectivity index (χ4n) is 5.37. The molecule has 46 heavy (non-hydrogen) atoms. The summed E-state index contributed by atoms with van der Waals surface area (Å²) in [4.78, 5) is 26.3. The average Bonchev–Trinajstić information content (AvgIpc) is 3.61. The highest BCUT2D eigenvalue weighted by Gasteiger charge is 2.22. The third-order valence-corrected chi connectivity index (χ3v) is 8.02. The molecule has 1 heterocycles. The molecule has 6 heteroatoms. The molecule has 2 N–H and O–H groups in total. The van der Waals surface area contributed by atoms with Crippen LogP contribution in [0.3, 0.4) is 0 Å². The van der Waals surface area contributed by atoms with Gasteiger partial charge in [0.25, 0.3) is 11.8 Å². The van der Waals surface area contributed by atoms with Crippen molar-refractivity contribution < 1.29 is 19.1 Å². The molecule has 0 unspecified atom stereocenters. The number of hydrogen-bond donors (Lipinski definition) is 2. The summed E-state index contributed by atoms with van der Waals surface area (Å²) in [5.41, 5.74) is 4.61. The minimum Gasteiger partial charge on any atom is -0.393 e. The molecule has 4 aromatic rings. The van der Waals surface area contributed by atoms with Gasteiger partial charge < -0.3 is 15.3 Å². The number of likely N-dealkylation sites (tertiary alicyclic amines) is 1. The maximum atomic E-state index is 13.1. The predicted molar refractivity (Wildman–Crippen MR) is 179 cm³/mol. The lowest BCUT2D eigenvalue weighted by Crippen LogP contribution is -2.40. The molecule has 6 rings (SSSR count). The number of nitrogens with one attached hydrogen (secondary N) is 1. The van der Waals surface area contributed by atoms with Crippen LogP contribution in [0.1, 0.15) is 81.5 Å². The maximum absolute atomic E-state index is 13.1. The smallest absolute Gasteiger partial charge is 0.253 e. The summed E-state index contributed by atoms with van der Waals surface area (Å²) in [5, 5.41) is 12.6. The number of aliphatic hydroxyl groups excluding tert-OH is 1. The summed E-state index contributed by atoms with van der Waals surface area (Å²) >= 11 is 0.